The van der Waals surface area contributed by atoms with E-state index < -0.39 is 46.4 Å². The summed E-state index contributed by atoms with van der Waals surface area (Å²) >= 11 is 0. The fourth-order valence-electron chi connectivity index (χ4n) is 3.20. The second-order valence-corrected chi connectivity index (χ2v) is 7.38. The lowest BCUT2D eigenvalue weighted by molar-refractivity contribution is -0.132. The van der Waals surface area contributed by atoms with Gasteiger partial charge in [0.1, 0.15) is 12.1 Å². The van der Waals surface area contributed by atoms with E-state index in [1.807, 2.05) is 0 Å². The Morgan fingerprint density at radius 1 is 1.21 bits per heavy atom. The molecule has 0 unspecified atom stereocenters. The Bertz CT molecular complexity index is 878. The number of carbonyl (C=O) groups excluding carboxylic acids is 3. The van der Waals surface area contributed by atoms with E-state index in [2.05, 4.69) is 15.1 Å². The Morgan fingerprint density at radius 2 is 1.89 bits per heavy atom. The van der Waals surface area contributed by atoms with Crippen molar-refractivity contribution in [3.8, 4) is 0 Å². The number of benzene rings is 1. The van der Waals surface area contributed by atoms with E-state index in [1.54, 1.807) is 30.3 Å². The molecular formula is C15H19N5O7S. The number of nitrogens with two attached hydrogens (primary N) is 1. The summed E-state index contributed by atoms with van der Waals surface area (Å²) in [6, 6.07) is 5.13. The van der Waals surface area contributed by atoms with Crippen LogP contribution in [0.5, 0.6) is 0 Å². The molecule has 0 spiro atoms. The molecule has 3 rings (SSSR count). The first-order chi connectivity index (χ1) is 13.2. The summed E-state index contributed by atoms with van der Waals surface area (Å²) < 4.78 is 34.8. The van der Waals surface area contributed by atoms with Crippen molar-refractivity contribution >= 4 is 28.2 Å². The summed E-state index contributed by atoms with van der Waals surface area (Å²) in [5.74, 6) is -1.30. The number of nitrogens with one attached hydrogen (secondary N) is 2. The first kappa shape index (κ1) is 20.0. The molecule has 1 aromatic rings. The molecule has 2 aliphatic heterocycles. The van der Waals surface area contributed by atoms with Crippen LogP contribution in [0.15, 0.2) is 30.3 Å². The summed E-state index contributed by atoms with van der Waals surface area (Å²) in [6.07, 6.45) is 0.488. The van der Waals surface area contributed by atoms with Crippen LogP contribution in [0.4, 0.5) is 4.79 Å². The van der Waals surface area contributed by atoms with Gasteiger partial charge in [-0.05, 0) is 18.4 Å². The zero-order chi connectivity index (χ0) is 20.5. The summed E-state index contributed by atoms with van der Waals surface area (Å²) in [5, 5.41) is 0.534. The predicted molar refractivity (Wildman–Crippen MR) is 93.0 cm³/mol. The van der Waals surface area contributed by atoms with E-state index in [0.717, 1.165) is 4.90 Å². The quantitative estimate of drug-likeness (QED) is 0.346. The molecule has 1 aromatic carbocycles. The maximum Gasteiger partial charge on any atom is 0.418 e. The SMILES string of the molecule is N[C@H](C(=O)NNC(=O)[C@@H]1CC[C@H]2CN1C(=O)N2OS(=O)(=O)O)c1ccccc1. The number of urea groups is 1. The molecule has 28 heavy (non-hydrogen) atoms. The maximum absolute atomic E-state index is 12.4. The third-order valence-corrected chi connectivity index (χ3v) is 4.90. The van der Waals surface area contributed by atoms with E-state index in [0.29, 0.717) is 10.6 Å². The van der Waals surface area contributed by atoms with Crippen LogP contribution in [0.2, 0.25) is 0 Å². The smallest absolute Gasteiger partial charge is 0.316 e. The van der Waals surface area contributed by atoms with Crippen LogP contribution in [0, 0.1) is 0 Å². The van der Waals surface area contributed by atoms with E-state index in [-0.39, 0.29) is 19.4 Å². The molecular weight excluding hydrogens is 394 g/mol. The number of hydrogen-bond acceptors (Lipinski definition) is 7. The van der Waals surface area contributed by atoms with Crippen LogP contribution in [-0.2, 0) is 24.3 Å². The Labute approximate surface area is 160 Å². The van der Waals surface area contributed by atoms with Gasteiger partial charge in [0.2, 0.25) is 0 Å². The van der Waals surface area contributed by atoms with Gasteiger partial charge in [0.15, 0.2) is 0 Å². The molecule has 2 saturated heterocycles. The maximum atomic E-state index is 12.4. The molecule has 4 amide bonds. The molecule has 0 aromatic heterocycles. The van der Waals surface area contributed by atoms with Crippen molar-refractivity contribution < 1.29 is 31.6 Å². The lowest BCUT2D eigenvalue weighted by Gasteiger charge is -2.29. The van der Waals surface area contributed by atoms with Gasteiger partial charge in [-0.25, -0.2) is 4.79 Å². The van der Waals surface area contributed by atoms with E-state index in [1.165, 1.54) is 0 Å². The van der Waals surface area contributed by atoms with Gasteiger partial charge in [-0.2, -0.15) is 13.5 Å². The van der Waals surface area contributed by atoms with Crippen LogP contribution >= 0.6 is 0 Å². The predicted octanol–water partition coefficient (Wildman–Crippen LogP) is -1.16. The highest BCUT2D eigenvalue weighted by atomic mass is 32.3. The largest absolute Gasteiger partial charge is 0.418 e. The lowest BCUT2D eigenvalue weighted by atomic mass is 10.0. The molecule has 13 heteroatoms. The van der Waals surface area contributed by atoms with Crippen molar-refractivity contribution in [2.45, 2.75) is 31.0 Å². The van der Waals surface area contributed by atoms with Crippen molar-refractivity contribution in [3.05, 3.63) is 35.9 Å². The lowest BCUT2D eigenvalue weighted by Crippen LogP contribution is -2.55. The molecule has 12 nitrogen and oxygen atoms in total. The number of piperidine rings is 1. The minimum Gasteiger partial charge on any atom is -0.316 e. The highest BCUT2D eigenvalue weighted by Crippen LogP contribution is 2.30. The van der Waals surface area contributed by atoms with Gasteiger partial charge in [-0.15, -0.1) is 4.28 Å². The molecule has 2 heterocycles. The summed E-state index contributed by atoms with van der Waals surface area (Å²) in [5.41, 5.74) is 10.8. The van der Waals surface area contributed by atoms with Gasteiger partial charge in [0.05, 0.1) is 6.04 Å². The Morgan fingerprint density at radius 3 is 2.54 bits per heavy atom. The summed E-state index contributed by atoms with van der Waals surface area (Å²) in [7, 11) is -4.87. The molecule has 5 N–H and O–H groups in total. The first-order valence-corrected chi connectivity index (χ1v) is 9.71. The van der Waals surface area contributed by atoms with E-state index in [9.17, 15) is 22.8 Å². The van der Waals surface area contributed by atoms with Crippen molar-refractivity contribution in [1.82, 2.24) is 20.8 Å². The number of amides is 4. The molecule has 3 atom stereocenters. The normalized spacial score (nSPS) is 22.7. The average Bonchev–Trinajstić information content (AvgIpc) is 2.89. The standard InChI is InChI=1S/C15H19N5O7S/c16-12(9-4-2-1-3-5-9)14(22)18-17-13(21)11-7-6-10-8-19(11)15(23)20(10)27-28(24,25)26/h1-5,10-12H,6-8,16H2,(H,17,21)(H,18,22)(H,24,25,26)/t10-,11-,12-/m0/s1. The van der Waals surface area contributed by atoms with E-state index in [4.69, 9.17) is 10.3 Å². The summed E-state index contributed by atoms with van der Waals surface area (Å²) in [4.78, 5) is 37.9. The zero-order valence-corrected chi connectivity index (χ0v) is 15.3. The molecule has 2 aliphatic rings. The minimum atomic E-state index is -4.87. The average molecular weight is 413 g/mol. The Balaban J connectivity index is 1.58. The number of hydrazine groups is 1. The number of fused-ring (bicyclic) bond motifs is 2. The van der Waals surface area contributed by atoms with Crippen LogP contribution < -0.4 is 16.6 Å². The van der Waals surface area contributed by atoms with Gasteiger partial charge in [0, 0.05) is 6.54 Å². The second-order valence-electron chi connectivity index (χ2n) is 6.38. The van der Waals surface area contributed by atoms with Gasteiger partial charge in [-0.3, -0.25) is 25.0 Å². The molecule has 0 saturated carbocycles. The van der Waals surface area contributed by atoms with Crippen molar-refractivity contribution in [2.75, 3.05) is 6.54 Å². The number of rotatable bonds is 5. The van der Waals surface area contributed by atoms with Crippen LogP contribution in [0.1, 0.15) is 24.4 Å². The molecule has 152 valence electrons. The monoisotopic (exact) mass is 413 g/mol. The van der Waals surface area contributed by atoms with Gasteiger partial charge in [0.25, 0.3) is 11.8 Å². The molecule has 0 aliphatic carbocycles. The molecule has 2 bridgehead atoms. The van der Waals surface area contributed by atoms with Gasteiger partial charge >= 0.3 is 16.4 Å². The third kappa shape index (κ3) is 4.22. The highest BCUT2D eigenvalue weighted by Gasteiger charge is 2.49. The Kier molecular flexibility index (Phi) is 5.51. The number of hydrogen-bond donors (Lipinski definition) is 4. The van der Waals surface area contributed by atoms with Crippen molar-refractivity contribution in [1.29, 1.82) is 0 Å². The topological polar surface area (TPSA) is 171 Å². The highest BCUT2D eigenvalue weighted by molar-refractivity contribution is 7.80. The Hall–Kier alpha value is -2.74. The second kappa shape index (κ2) is 7.71. The van der Waals surface area contributed by atoms with Gasteiger partial charge in [-0.1, -0.05) is 30.3 Å². The van der Waals surface area contributed by atoms with Crippen molar-refractivity contribution in [3.63, 3.8) is 0 Å². The van der Waals surface area contributed by atoms with E-state index >= 15 is 0 Å². The van der Waals surface area contributed by atoms with Crippen LogP contribution in [0.25, 0.3) is 0 Å². The fraction of sp³-hybridized carbons (Fsp3) is 0.400. The minimum absolute atomic E-state index is 0.0456. The van der Waals surface area contributed by atoms with Crippen molar-refractivity contribution in [2.24, 2.45) is 5.73 Å². The fourth-order valence-corrected chi connectivity index (χ4v) is 3.59. The third-order valence-electron chi connectivity index (χ3n) is 4.55. The molecule has 2 fully saturated rings. The number of hydroxylamine groups is 2. The van der Waals surface area contributed by atoms with Crippen LogP contribution in [0.3, 0.4) is 0 Å². The number of nitrogens with zero attached hydrogens (tertiary/aromatic N) is 2. The molecule has 0 radical (unpaired) electrons. The zero-order valence-electron chi connectivity index (χ0n) is 14.5. The van der Waals surface area contributed by atoms with Gasteiger partial charge < -0.3 is 10.6 Å². The van der Waals surface area contributed by atoms with Crippen LogP contribution in [-0.4, -0.2) is 59.4 Å². The number of carbonyl (C=O) groups is 3. The summed E-state index contributed by atoms with van der Waals surface area (Å²) in [6.45, 7) is 0.0456. The first-order valence-electron chi connectivity index (χ1n) is 8.34.